The first-order valence-corrected chi connectivity index (χ1v) is 6.06. The van der Waals surface area contributed by atoms with Crippen LogP contribution in [-0.4, -0.2) is 36.3 Å². The maximum Gasteiger partial charge on any atom is 0.434 e. The molecule has 0 radical (unpaired) electrons. The smallest absolute Gasteiger partial charge is 0.434 e. The molecule has 0 unspecified atom stereocenters. The van der Waals surface area contributed by atoms with Crippen molar-refractivity contribution in [3.05, 3.63) is 24.3 Å². The van der Waals surface area contributed by atoms with Gasteiger partial charge in [0.1, 0.15) is 0 Å². The van der Waals surface area contributed by atoms with E-state index in [4.69, 9.17) is 14.7 Å². The minimum Gasteiger partial charge on any atom is -0.493 e. The topological polar surface area (TPSA) is 65.8 Å². The molecule has 1 aliphatic heterocycles. The van der Waals surface area contributed by atoms with Gasteiger partial charge in [-0.25, -0.2) is 14.8 Å². The third-order valence-corrected chi connectivity index (χ3v) is 2.87. The van der Waals surface area contributed by atoms with Crippen molar-refractivity contribution in [1.29, 1.82) is 5.26 Å². The van der Waals surface area contributed by atoms with Gasteiger partial charge in [0.15, 0.2) is 17.7 Å². The van der Waals surface area contributed by atoms with Crippen molar-refractivity contribution in [3.63, 3.8) is 0 Å². The van der Waals surface area contributed by atoms with Crippen LogP contribution < -0.4 is 9.47 Å². The Hall–Kier alpha value is -2.42. The molecular formula is C13H15N3O3. The maximum absolute atomic E-state index is 12.1. The normalized spacial score (nSPS) is 14.7. The summed E-state index contributed by atoms with van der Waals surface area (Å²) in [5, 5.41) is 11.6. The monoisotopic (exact) mass is 261 g/mol. The van der Waals surface area contributed by atoms with Crippen LogP contribution in [0.4, 0.5) is 4.79 Å². The summed E-state index contributed by atoms with van der Waals surface area (Å²) in [6.45, 7) is 1.03. The molecule has 1 amide bonds. The number of carbonyl (C=O) groups excluding carboxylic acids is 1. The fourth-order valence-corrected chi connectivity index (χ4v) is 1.91. The molecule has 1 aromatic carbocycles. The van der Waals surface area contributed by atoms with Crippen LogP contribution in [0.3, 0.4) is 0 Å². The Morgan fingerprint density at radius 2 is 1.95 bits per heavy atom. The van der Waals surface area contributed by atoms with Crippen LogP contribution in [0.5, 0.6) is 11.5 Å². The zero-order valence-corrected chi connectivity index (χ0v) is 10.7. The average molecular weight is 261 g/mol. The zero-order valence-electron chi connectivity index (χ0n) is 10.7. The second-order valence-electron chi connectivity index (χ2n) is 4.07. The van der Waals surface area contributed by atoms with E-state index < -0.39 is 6.09 Å². The first kappa shape index (κ1) is 13.0. The quantitative estimate of drug-likeness (QED) is 0.762. The summed E-state index contributed by atoms with van der Waals surface area (Å²) in [5.41, 5.74) is 0. The summed E-state index contributed by atoms with van der Waals surface area (Å²) in [5.74, 6) is 0.829. The molecule has 0 atom stereocenters. The van der Waals surface area contributed by atoms with Crippen molar-refractivity contribution < 1.29 is 14.3 Å². The Labute approximate surface area is 111 Å². The molecule has 0 aliphatic carbocycles. The van der Waals surface area contributed by atoms with Crippen molar-refractivity contribution in [2.24, 2.45) is 0 Å². The number of rotatable bonds is 2. The largest absolute Gasteiger partial charge is 0.493 e. The molecule has 2 rings (SSSR count). The van der Waals surface area contributed by atoms with E-state index in [0.717, 1.165) is 12.8 Å². The number of benzene rings is 1. The zero-order chi connectivity index (χ0) is 13.7. The molecule has 6 nitrogen and oxygen atoms in total. The fourth-order valence-electron chi connectivity index (χ4n) is 1.91. The number of para-hydroxylation sites is 2. The van der Waals surface area contributed by atoms with E-state index in [1.807, 2.05) is 6.19 Å². The van der Waals surface area contributed by atoms with E-state index in [9.17, 15) is 4.79 Å². The third kappa shape index (κ3) is 2.88. The Bertz CT molecular complexity index is 498. The van der Waals surface area contributed by atoms with Gasteiger partial charge in [-0.1, -0.05) is 12.1 Å². The second-order valence-corrected chi connectivity index (χ2v) is 4.07. The van der Waals surface area contributed by atoms with Gasteiger partial charge in [0.25, 0.3) is 0 Å². The second kappa shape index (κ2) is 5.96. The highest BCUT2D eigenvalue weighted by Crippen LogP contribution is 2.26. The number of hydrazine groups is 1. The maximum atomic E-state index is 12.1. The van der Waals surface area contributed by atoms with Crippen LogP contribution in [0.25, 0.3) is 0 Å². The standard InChI is InChI=1S/C13H15N3O3/c1-18-11-6-2-3-7-12(11)19-13(17)16-9-5-4-8-15(16)10-14/h2-3,6-7H,4-5,8-9H2,1H3. The summed E-state index contributed by atoms with van der Waals surface area (Å²) in [6.07, 6.45) is 3.17. The van der Waals surface area contributed by atoms with E-state index in [0.29, 0.717) is 24.6 Å². The van der Waals surface area contributed by atoms with Gasteiger partial charge >= 0.3 is 6.09 Å². The third-order valence-electron chi connectivity index (χ3n) is 2.87. The lowest BCUT2D eigenvalue weighted by molar-refractivity contribution is 0.0174. The van der Waals surface area contributed by atoms with Gasteiger partial charge in [-0.3, -0.25) is 0 Å². The molecule has 0 saturated carbocycles. The molecule has 1 aromatic rings. The van der Waals surface area contributed by atoms with Crippen LogP contribution in [0, 0.1) is 11.5 Å². The van der Waals surface area contributed by atoms with E-state index >= 15 is 0 Å². The van der Waals surface area contributed by atoms with E-state index in [2.05, 4.69) is 0 Å². The molecule has 6 heteroatoms. The van der Waals surface area contributed by atoms with Crippen LogP contribution in [0.1, 0.15) is 12.8 Å². The Kier molecular flexibility index (Phi) is 4.08. The highest BCUT2D eigenvalue weighted by Gasteiger charge is 2.26. The predicted octanol–water partition coefficient (Wildman–Crippen LogP) is 1.99. The van der Waals surface area contributed by atoms with Gasteiger partial charge in [0, 0.05) is 6.54 Å². The Morgan fingerprint density at radius 1 is 1.26 bits per heavy atom. The molecule has 1 heterocycles. The lowest BCUT2D eigenvalue weighted by Crippen LogP contribution is -2.49. The van der Waals surface area contributed by atoms with Crippen molar-refractivity contribution in [1.82, 2.24) is 10.0 Å². The molecule has 0 aromatic heterocycles. The number of amides is 1. The SMILES string of the molecule is COc1ccccc1OC(=O)N1CCCCN1C#N. The van der Waals surface area contributed by atoms with E-state index in [1.165, 1.54) is 17.1 Å². The number of hydrogen-bond donors (Lipinski definition) is 0. The van der Waals surface area contributed by atoms with Crippen LogP contribution in [-0.2, 0) is 0 Å². The van der Waals surface area contributed by atoms with Crippen molar-refractivity contribution in [2.75, 3.05) is 20.2 Å². The van der Waals surface area contributed by atoms with Gasteiger partial charge in [-0.15, -0.1) is 0 Å². The lowest BCUT2D eigenvalue weighted by atomic mass is 10.2. The first-order valence-electron chi connectivity index (χ1n) is 6.06. The van der Waals surface area contributed by atoms with Gasteiger partial charge in [0.05, 0.1) is 13.7 Å². The Balaban J connectivity index is 2.10. The molecule has 1 aliphatic rings. The number of methoxy groups -OCH3 is 1. The number of nitrogens with zero attached hydrogens (tertiary/aromatic N) is 3. The number of ether oxygens (including phenoxy) is 2. The predicted molar refractivity (Wildman–Crippen MR) is 67.3 cm³/mol. The summed E-state index contributed by atoms with van der Waals surface area (Å²) in [6, 6.07) is 6.90. The van der Waals surface area contributed by atoms with Gasteiger partial charge in [0.2, 0.25) is 0 Å². The highest BCUT2D eigenvalue weighted by atomic mass is 16.6. The van der Waals surface area contributed by atoms with Gasteiger partial charge < -0.3 is 9.47 Å². The molecule has 0 bridgehead atoms. The van der Waals surface area contributed by atoms with Gasteiger partial charge in [-0.05, 0) is 25.0 Å². The van der Waals surface area contributed by atoms with E-state index in [-0.39, 0.29) is 0 Å². The first-order chi connectivity index (χ1) is 9.26. The molecular weight excluding hydrogens is 246 g/mol. The number of carbonyl (C=O) groups is 1. The number of nitriles is 1. The summed E-state index contributed by atoms with van der Waals surface area (Å²) in [7, 11) is 1.51. The Morgan fingerprint density at radius 3 is 2.63 bits per heavy atom. The summed E-state index contributed by atoms with van der Waals surface area (Å²) >= 11 is 0. The average Bonchev–Trinajstić information content (AvgIpc) is 2.47. The molecule has 1 saturated heterocycles. The molecule has 0 spiro atoms. The molecule has 0 N–H and O–H groups in total. The van der Waals surface area contributed by atoms with Gasteiger partial charge in [-0.2, -0.15) is 5.26 Å². The summed E-state index contributed by atoms with van der Waals surface area (Å²) in [4.78, 5) is 12.1. The van der Waals surface area contributed by atoms with Crippen LogP contribution in [0.15, 0.2) is 24.3 Å². The molecule has 19 heavy (non-hydrogen) atoms. The number of hydrogen-bond acceptors (Lipinski definition) is 5. The van der Waals surface area contributed by atoms with Crippen LogP contribution >= 0.6 is 0 Å². The van der Waals surface area contributed by atoms with E-state index in [1.54, 1.807) is 24.3 Å². The lowest BCUT2D eigenvalue weighted by Gasteiger charge is -2.33. The van der Waals surface area contributed by atoms with Crippen LogP contribution in [0.2, 0.25) is 0 Å². The van der Waals surface area contributed by atoms with Crippen molar-refractivity contribution >= 4 is 6.09 Å². The highest BCUT2D eigenvalue weighted by molar-refractivity contribution is 5.71. The minimum absolute atomic E-state index is 0.346. The van der Waals surface area contributed by atoms with Crippen molar-refractivity contribution in [2.45, 2.75) is 12.8 Å². The summed E-state index contributed by atoms with van der Waals surface area (Å²) < 4.78 is 10.4. The fraction of sp³-hybridized carbons (Fsp3) is 0.385. The van der Waals surface area contributed by atoms with Crippen molar-refractivity contribution in [3.8, 4) is 17.7 Å². The minimum atomic E-state index is -0.564. The molecule has 100 valence electrons. The molecule has 1 fully saturated rings.